The van der Waals surface area contributed by atoms with E-state index < -0.39 is 0 Å². The van der Waals surface area contributed by atoms with Crippen molar-refractivity contribution in [3.63, 3.8) is 0 Å². The molecular formula is C16H22N2O. The Kier molecular flexibility index (Phi) is 5.16. The summed E-state index contributed by atoms with van der Waals surface area (Å²) in [7, 11) is 0. The SMILES string of the molecule is CC(C)NCCc1ncc(CCc2ccccc2)o1. The maximum absolute atomic E-state index is 5.74. The van der Waals surface area contributed by atoms with Gasteiger partial charge in [-0.2, -0.15) is 0 Å². The molecule has 2 rings (SSSR count). The lowest BCUT2D eigenvalue weighted by Gasteiger charge is -2.05. The van der Waals surface area contributed by atoms with Crippen LogP contribution in [0.15, 0.2) is 40.9 Å². The van der Waals surface area contributed by atoms with E-state index in [0.29, 0.717) is 6.04 Å². The van der Waals surface area contributed by atoms with Gasteiger partial charge in [0.25, 0.3) is 0 Å². The largest absolute Gasteiger partial charge is 0.446 e. The van der Waals surface area contributed by atoms with Gasteiger partial charge in [-0.15, -0.1) is 0 Å². The molecule has 2 aromatic rings. The second-order valence-electron chi connectivity index (χ2n) is 5.06. The third-order valence-corrected chi connectivity index (χ3v) is 3.00. The summed E-state index contributed by atoms with van der Waals surface area (Å²) in [5, 5.41) is 3.36. The Bertz CT molecular complexity index is 477. The Morgan fingerprint density at radius 2 is 1.89 bits per heavy atom. The summed E-state index contributed by atoms with van der Waals surface area (Å²) in [6, 6.07) is 11.0. The highest BCUT2D eigenvalue weighted by Gasteiger charge is 2.04. The van der Waals surface area contributed by atoms with Gasteiger partial charge in [0.1, 0.15) is 5.76 Å². The van der Waals surface area contributed by atoms with Crippen molar-refractivity contribution in [3.8, 4) is 0 Å². The van der Waals surface area contributed by atoms with Crippen LogP contribution < -0.4 is 5.32 Å². The monoisotopic (exact) mass is 258 g/mol. The van der Waals surface area contributed by atoms with Gasteiger partial charge >= 0.3 is 0 Å². The molecule has 0 atom stereocenters. The van der Waals surface area contributed by atoms with Crippen molar-refractivity contribution < 1.29 is 4.42 Å². The van der Waals surface area contributed by atoms with Gasteiger partial charge in [-0.1, -0.05) is 44.2 Å². The smallest absolute Gasteiger partial charge is 0.195 e. The fraction of sp³-hybridized carbons (Fsp3) is 0.438. The summed E-state index contributed by atoms with van der Waals surface area (Å²) >= 11 is 0. The maximum atomic E-state index is 5.74. The fourth-order valence-corrected chi connectivity index (χ4v) is 1.96. The molecule has 1 aromatic carbocycles. The molecule has 1 heterocycles. The first-order chi connectivity index (χ1) is 9.24. The predicted molar refractivity (Wildman–Crippen MR) is 77.2 cm³/mol. The molecule has 0 saturated heterocycles. The first-order valence-corrected chi connectivity index (χ1v) is 6.95. The van der Waals surface area contributed by atoms with E-state index in [4.69, 9.17) is 4.42 Å². The number of aryl methyl sites for hydroxylation is 2. The van der Waals surface area contributed by atoms with Crippen LogP contribution in [0.5, 0.6) is 0 Å². The van der Waals surface area contributed by atoms with Crippen LogP contribution in [0.25, 0.3) is 0 Å². The van der Waals surface area contributed by atoms with Gasteiger partial charge in [0, 0.05) is 25.4 Å². The van der Waals surface area contributed by atoms with Gasteiger partial charge in [-0.3, -0.25) is 0 Å². The molecule has 0 saturated carbocycles. The highest BCUT2D eigenvalue weighted by molar-refractivity contribution is 5.15. The average molecular weight is 258 g/mol. The van der Waals surface area contributed by atoms with Gasteiger partial charge in [0.2, 0.25) is 0 Å². The Balaban J connectivity index is 1.77. The van der Waals surface area contributed by atoms with E-state index in [-0.39, 0.29) is 0 Å². The summed E-state index contributed by atoms with van der Waals surface area (Å²) in [5.41, 5.74) is 1.34. The predicted octanol–water partition coefficient (Wildman–Crippen LogP) is 3.00. The second kappa shape index (κ2) is 7.10. The number of nitrogens with one attached hydrogen (secondary N) is 1. The lowest BCUT2D eigenvalue weighted by atomic mass is 10.1. The van der Waals surface area contributed by atoms with Crippen molar-refractivity contribution in [3.05, 3.63) is 53.7 Å². The van der Waals surface area contributed by atoms with Crippen molar-refractivity contribution in [1.29, 1.82) is 0 Å². The molecule has 0 unspecified atom stereocenters. The Hall–Kier alpha value is -1.61. The summed E-state index contributed by atoms with van der Waals surface area (Å²) in [5.74, 6) is 1.81. The number of benzene rings is 1. The first-order valence-electron chi connectivity index (χ1n) is 6.95. The Morgan fingerprint density at radius 1 is 1.11 bits per heavy atom. The van der Waals surface area contributed by atoms with Crippen LogP contribution in [-0.2, 0) is 19.3 Å². The second-order valence-corrected chi connectivity index (χ2v) is 5.06. The molecule has 0 amide bonds. The molecule has 0 fully saturated rings. The molecule has 0 spiro atoms. The number of oxazole rings is 1. The van der Waals surface area contributed by atoms with Crippen LogP contribution >= 0.6 is 0 Å². The number of hydrogen-bond acceptors (Lipinski definition) is 3. The van der Waals surface area contributed by atoms with E-state index in [1.165, 1.54) is 5.56 Å². The molecule has 3 heteroatoms. The van der Waals surface area contributed by atoms with Crippen molar-refractivity contribution >= 4 is 0 Å². The van der Waals surface area contributed by atoms with Gasteiger partial charge in [-0.25, -0.2) is 4.98 Å². The minimum Gasteiger partial charge on any atom is -0.446 e. The summed E-state index contributed by atoms with van der Waals surface area (Å²) in [6.07, 6.45) is 4.62. The molecule has 0 bridgehead atoms. The lowest BCUT2D eigenvalue weighted by molar-refractivity contribution is 0.443. The van der Waals surface area contributed by atoms with Crippen molar-refractivity contribution in [2.45, 2.75) is 39.2 Å². The van der Waals surface area contributed by atoms with Gasteiger partial charge in [0.05, 0.1) is 6.20 Å². The van der Waals surface area contributed by atoms with Crippen molar-refractivity contribution in [2.24, 2.45) is 0 Å². The zero-order chi connectivity index (χ0) is 13.5. The zero-order valence-corrected chi connectivity index (χ0v) is 11.7. The molecule has 3 nitrogen and oxygen atoms in total. The van der Waals surface area contributed by atoms with E-state index >= 15 is 0 Å². The van der Waals surface area contributed by atoms with E-state index in [2.05, 4.69) is 48.4 Å². The molecule has 1 N–H and O–H groups in total. The van der Waals surface area contributed by atoms with E-state index in [1.807, 2.05) is 12.3 Å². The zero-order valence-electron chi connectivity index (χ0n) is 11.7. The van der Waals surface area contributed by atoms with E-state index in [0.717, 1.165) is 37.5 Å². The molecule has 1 aromatic heterocycles. The van der Waals surface area contributed by atoms with Crippen LogP contribution in [0.4, 0.5) is 0 Å². The van der Waals surface area contributed by atoms with E-state index in [1.54, 1.807) is 0 Å². The molecule has 0 radical (unpaired) electrons. The normalized spacial score (nSPS) is 11.1. The van der Waals surface area contributed by atoms with Crippen LogP contribution in [0.1, 0.15) is 31.1 Å². The minimum atomic E-state index is 0.507. The molecule has 0 aliphatic heterocycles. The van der Waals surface area contributed by atoms with Gasteiger partial charge < -0.3 is 9.73 Å². The Morgan fingerprint density at radius 3 is 2.63 bits per heavy atom. The summed E-state index contributed by atoms with van der Waals surface area (Å²) in [4.78, 5) is 4.32. The van der Waals surface area contributed by atoms with Crippen LogP contribution in [0.3, 0.4) is 0 Å². The third-order valence-electron chi connectivity index (χ3n) is 3.00. The fourth-order valence-electron chi connectivity index (χ4n) is 1.96. The molecule has 19 heavy (non-hydrogen) atoms. The van der Waals surface area contributed by atoms with Gasteiger partial charge in [0.15, 0.2) is 5.89 Å². The van der Waals surface area contributed by atoms with Gasteiger partial charge in [-0.05, 0) is 12.0 Å². The maximum Gasteiger partial charge on any atom is 0.195 e. The molecule has 0 aliphatic rings. The van der Waals surface area contributed by atoms with Crippen LogP contribution in [-0.4, -0.2) is 17.6 Å². The van der Waals surface area contributed by atoms with Crippen molar-refractivity contribution in [2.75, 3.05) is 6.54 Å². The number of nitrogens with zero attached hydrogens (tertiary/aromatic N) is 1. The quantitative estimate of drug-likeness (QED) is 0.829. The summed E-state index contributed by atoms with van der Waals surface area (Å²) in [6.45, 7) is 5.19. The standard InChI is InChI=1S/C16H22N2O/c1-13(2)17-11-10-16-18-12-15(19-16)9-8-14-6-4-3-5-7-14/h3-7,12-13,17H,8-11H2,1-2H3. The third kappa shape index (κ3) is 4.87. The highest BCUT2D eigenvalue weighted by atomic mass is 16.4. The number of aromatic nitrogens is 1. The summed E-state index contributed by atoms with van der Waals surface area (Å²) < 4.78 is 5.74. The number of rotatable bonds is 7. The minimum absolute atomic E-state index is 0.507. The first kappa shape index (κ1) is 13.8. The van der Waals surface area contributed by atoms with E-state index in [9.17, 15) is 0 Å². The average Bonchev–Trinajstić information content (AvgIpc) is 2.85. The molecule has 102 valence electrons. The highest BCUT2D eigenvalue weighted by Crippen LogP contribution is 2.09. The topological polar surface area (TPSA) is 38.1 Å². The number of hydrogen-bond donors (Lipinski definition) is 1. The lowest BCUT2D eigenvalue weighted by Crippen LogP contribution is -2.24. The van der Waals surface area contributed by atoms with Crippen LogP contribution in [0.2, 0.25) is 0 Å². The molecular weight excluding hydrogens is 236 g/mol. The molecule has 0 aliphatic carbocycles. The Labute approximate surface area is 115 Å². The van der Waals surface area contributed by atoms with Crippen molar-refractivity contribution in [1.82, 2.24) is 10.3 Å². The van der Waals surface area contributed by atoms with Crippen LogP contribution in [0, 0.1) is 0 Å².